The van der Waals surface area contributed by atoms with E-state index in [0.717, 1.165) is 10.7 Å². The largest absolute Gasteiger partial charge is 0.420 e. The Kier molecular flexibility index (Phi) is 4.87. The van der Waals surface area contributed by atoms with Gasteiger partial charge >= 0.3 is 6.09 Å². The zero-order valence-electron chi connectivity index (χ0n) is 13.2. The van der Waals surface area contributed by atoms with Crippen LogP contribution in [0, 0.1) is 25.2 Å². The number of carbonyl (C=O) groups is 1. The van der Waals surface area contributed by atoms with Gasteiger partial charge in [0.15, 0.2) is 10.1 Å². The van der Waals surface area contributed by atoms with Gasteiger partial charge in [-0.1, -0.05) is 11.3 Å². The summed E-state index contributed by atoms with van der Waals surface area (Å²) < 4.78 is 5.28. The highest BCUT2D eigenvalue weighted by atomic mass is 32.1. The van der Waals surface area contributed by atoms with Crippen molar-refractivity contribution in [3.8, 4) is 11.9 Å². The molecule has 10 heteroatoms. The van der Waals surface area contributed by atoms with Gasteiger partial charge in [0.05, 0.1) is 28.1 Å². The Balaban J connectivity index is 1.74. The monoisotopic (exact) mass is 372 g/mol. The average molecular weight is 372 g/mol. The molecule has 3 heterocycles. The number of hydrogen-bond acceptors (Lipinski definition) is 9. The Morgan fingerprint density at radius 1 is 1.32 bits per heavy atom. The van der Waals surface area contributed by atoms with Crippen LogP contribution in [0.15, 0.2) is 23.8 Å². The number of carbonyl (C=O) groups excluding carboxylic acids is 1. The van der Waals surface area contributed by atoms with Crippen LogP contribution < -0.4 is 15.4 Å². The first-order valence-corrected chi connectivity index (χ1v) is 8.73. The van der Waals surface area contributed by atoms with Crippen LogP contribution in [0.1, 0.15) is 16.3 Å². The van der Waals surface area contributed by atoms with E-state index in [9.17, 15) is 4.79 Å². The van der Waals surface area contributed by atoms with Gasteiger partial charge in [-0.25, -0.2) is 14.8 Å². The lowest BCUT2D eigenvalue weighted by Gasteiger charge is -2.06. The van der Waals surface area contributed by atoms with E-state index in [0.29, 0.717) is 21.4 Å². The third-order valence-electron chi connectivity index (χ3n) is 2.85. The van der Waals surface area contributed by atoms with Crippen molar-refractivity contribution >= 4 is 44.6 Å². The van der Waals surface area contributed by atoms with E-state index in [1.807, 2.05) is 18.4 Å². The van der Waals surface area contributed by atoms with Crippen molar-refractivity contribution < 1.29 is 9.53 Å². The van der Waals surface area contributed by atoms with E-state index < -0.39 is 6.09 Å². The summed E-state index contributed by atoms with van der Waals surface area (Å²) >= 11 is 2.63. The summed E-state index contributed by atoms with van der Waals surface area (Å²) in [7, 11) is 0. The molecule has 0 aromatic carbocycles. The molecular weight excluding hydrogens is 360 g/mol. The second-order valence-corrected chi connectivity index (χ2v) is 6.94. The average Bonchev–Trinajstić information content (AvgIpc) is 3.13. The second kappa shape index (κ2) is 7.25. The van der Waals surface area contributed by atoms with Gasteiger partial charge < -0.3 is 10.1 Å². The van der Waals surface area contributed by atoms with Gasteiger partial charge in [0.25, 0.3) is 5.88 Å². The number of nitrogens with one attached hydrogen (secondary N) is 2. The smallest absolute Gasteiger partial charge is 0.388 e. The molecule has 0 spiro atoms. The molecule has 0 fully saturated rings. The number of amides is 1. The summed E-state index contributed by atoms with van der Waals surface area (Å²) in [6.07, 6.45) is 2.36. The minimum atomic E-state index is -0.674. The number of nitriles is 1. The number of ether oxygens (including phenoxy) is 1. The summed E-state index contributed by atoms with van der Waals surface area (Å²) in [5.41, 5.74) is 1.84. The molecule has 2 N–H and O–H groups in total. The van der Waals surface area contributed by atoms with Crippen molar-refractivity contribution in [3.05, 3.63) is 40.1 Å². The first-order chi connectivity index (χ1) is 12.0. The predicted molar refractivity (Wildman–Crippen MR) is 95.6 cm³/mol. The maximum atomic E-state index is 12.0. The first-order valence-electron chi connectivity index (χ1n) is 7.04. The number of aromatic nitrogens is 3. The molecule has 0 unspecified atom stereocenters. The van der Waals surface area contributed by atoms with Crippen molar-refractivity contribution in [1.29, 1.82) is 5.26 Å². The van der Waals surface area contributed by atoms with Crippen LogP contribution >= 0.6 is 22.7 Å². The number of thiazole rings is 2. The van der Waals surface area contributed by atoms with E-state index >= 15 is 0 Å². The van der Waals surface area contributed by atoms with Crippen molar-refractivity contribution in [2.24, 2.45) is 0 Å². The fraction of sp³-hybridized carbons (Fsp3) is 0.133. The molecule has 0 aliphatic rings. The van der Waals surface area contributed by atoms with Gasteiger partial charge in [0.1, 0.15) is 6.07 Å². The van der Waals surface area contributed by atoms with Gasteiger partial charge in [0.2, 0.25) is 0 Å². The Bertz CT molecular complexity index is 959. The summed E-state index contributed by atoms with van der Waals surface area (Å²) in [5.74, 6) is 0.149. The summed E-state index contributed by atoms with van der Waals surface area (Å²) in [6, 6.07) is 3.66. The molecule has 25 heavy (non-hydrogen) atoms. The lowest BCUT2D eigenvalue weighted by molar-refractivity contribution is 0.214. The maximum absolute atomic E-state index is 12.0. The van der Waals surface area contributed by atoms with Crippen LogP contribution in [-0.4, -0.2) is 21.0 Å². The minimum absolute atomic E-state index is 0.149. The van der Waals surface area contributed by atoms with Crippen molar-refractivity contribution in [1.82, 2.24) is 15.0 Å². The molecule has 8 nitrogen and oxygen atoms in total. The number of anilines is 3. The molecule has 0 atom stereocenters. The van der Waals surface area contributed by atoms with E-state index in [1.165, 1.54) is 28.9 Å². The zero-order chi connectivity index (χ0) is 17.8. The van der Waals surface area contributed by atoms with Gasteiger partial charge in [-0.2, -0.15) is 5.26 Å². The summed E-state index contributed by atoms with van der Waals surface area (Å²) in [5, 5.41) is 18.1. The van der Waals surface area contributed by atoms with Crippen LogP contribution in [0.25, 0.3) is 0 Å². The number of pyridine rings is 1. The zero-order valence-corrected chi connectivity index (χ0v) is 14.9. The minimum Gasteiger partial charge on any atom is -0.388 e. The molecule has 0 aliphatic carbocycles. The van der Waals surface area contributed by atoms with Crippen molar-refractivity contribution in [2.45, 2.75) is 13.8 Å². The standard InChI is InChI=1S/C15H12N6O2S2/c1-8-7-24-14(18-8)21-15(22)23-12-13(25-9(2)19-12)20-11-3-10(4-16)5-17-6-11/h3,5-7,20H,1-2H3,(H,18,21,22). The molecular formula is C15H12N6O2S2. The number of rotatable bonds is 4. The van der Waals surface area contributed by atoms with Crippen LogP contribution in [0.3, 0.4) is 0 Å². The lowest BCUT2D eigenvalue weighted by Crippen LogP contribution is -2.17. The molecule has 3 rings (SSSR count). The van der Waals surface area contributed by atoms with Crippen molar-refractivity contribution in [2.75, 3.05) is 10.6 Å². The molecule has 126 valence electrons. The first kappa shape index (κ1) is 16.8. The fourth-order valence-corrected chi connectivity index (χ4v) is 3.31. The predicted octanol–water partition coefficient (Wildman–Crippen LogP) is 3.84. The van der Waals surface area contributed by atoms with Crippen LogP contribution in [0.2, 0.25) is 0 Å². The SMILES string of the molecule is Cc1csc(NC(=O)Oc2nc(C)sc2Nc2cncc(C#N)c2)n1. The summed E-state index contributed by atoms with van der Waals surface area (Å²) in [4.78, 5) is 24.3. The quantitative estimate of drug-likeness (QED) is 0.715. The van der Waals surface area contributed by atoms with Gasteiger partial charge in [-0.3, -0.25) is 10.3 Å². The molecule has 0 saturated heterocycles. The normalized spacial score (nSPS) is 10.1. The van der Waals surface area contributed by atoms with Crippen LogP contribution in [0.4, 0.5) is 20.6 Å². The van der Waals surface area contributed by atoms with Crippen LogP contribution in [0.5, 0.6) is 5.88 Å². The Labute approximate surface area is 151 Å². The highest BCUT2D eigenvalue weighted by molar-refractivity contribution is 7.16. The Morgan fingerprint density at radius 2 is 2.16 bits per heavy atom. The van der Waals surface area contributed by atoms with E-state index in [1.54, 1.807) is 19.2 Å². The molecule has 3 aromatic heterocycles. The molecule has 0 saturated carbocycles. The third-order valence-corrected chi connectivity index (χ3v) is 4.59. The van der Waals surface area contributed by atoms with Crippen LogP contribution in [-0.2, 0) is 0 Å². The van der Waals surface area contributed by atoms with Gasteiger partial charge in [0, 0.05) is 11.6 Å². The lowest BCUT2D eigenvalue weighted by atomic mass is 10.3. The molecule has 1 amide bonds. The Hall–Kier alpha value is -3.03. The molecule has 0 radical (unpaired) electrons. The highest BCUT2D eigenvalue weighted by Gasteiger charge is 2.16. The van der Waals surface area contributed by atoms with E-state index in [2.05, 4.69) is 25.6 Å². The van der Waals surface area contributed by atoms with Gasteiger partial charge in [-0.05, 0) is 19.9 Å². The second-order valence-electron chi connectivity index (χ2n) is 4.87. The number of aryl methyl sites for hydroxylation is 2. The number of hydrogen-bond donors (Lipinski definition) is 2. The Morgan fingerprint density at radius 3 is 2.88 bits per heavy atom. The van der Waals surface area contributed by atoms with E-state index in [4.69, 9.17) is 10.00 Å². The van der Waals surface area contributed by atoms with Crippen molar-refractivity contribution in [3.63, 3.8) is 0 Å². The van der Waals surface area contributed by atoms with E-state index in [-0.39, 0.29) is 5.88 Å². The number of nitrogens with zero attached hydrogens (tertiary/aromatic N) is 4. The van der Waals surface area contributed by atoms with Gasteiger partial charge in [-0.15, -0.1) is 11.3 Å². The molecule has 3 aromatic rings. The maximum Gasteiger partial charge on any atom is 0.420 e. The molecule has 0 bridgehead atoms. The fourth-order valence-electron chi connectivity index (χ4n) is 1.87. The third kappa shape index (κ3) is 4.28. The topological polar surface area (TPSA) is 113 Å². The summed E-state index contributed by atoms with van der Waals surface area (Å²) in [6.45, 7) is 3.64. The molecule has 0 aliphatic heterocycles. The highest BCUT2D eigenvalue weighted by Crippen LogP contribution is 2.33.